The third-order valence-corrected chi connectivity index (χ3v) is 2.83. The summed E-state index contributed by atoms with van der Waals surface area (Å²) >= 11 is 0. The first-order chi connectivity index (χ1) is 9.19. The van der Waals surface area contributed by atoms with Gasteiger partial charge in [0.1, 0.15) is 11.6 Å². The number of nitriles is 1. The second-order valence-corrected chi connectivity index (χ2v) is 4.47. The standard InChI is InChI=1S/C15H21FN2O/c1-3-9-18-12(2)14-7-6-13(16)11-15(14)19-10-5-4-8-17/h6-7,11-12,18H,3-5,9-10H2,1-2H3. The predicted molar refractivity (Wildman–Crippen MR) is 73.5 cm³/mol. The molecule has 0 saturated heterocycles. The number of nitrogens with zero attached hydrogens (tertiary/aromatic N) is 1. The van der Waals surface area contributed by atoms with Gasteiger partial charge in [-0.3, -0.25) is 0 Å². The lowest BCUT2D eigenvalue weighted by Crippen LogP contribution is -2.20. The van der Waals surface area contributed by atoms with Gasteiger partial charge >= 0.3 is 0 Å². The second kappa shape index (κ2) is 8.49. The topological polar surface area (TPSA) is 45.0 Å². The molecule has 19 heavy (non-hydrogen) atoms. The van der Waals surface area contributed by atoms with Crippen molar-refractivity contribution in [3.8, 4) is 11.8 Å². The van der Waals surface area contributed by atoms with E-state index >= 15 is 0 Å². The van der Waals surface area contributed by atoms with Gasteiger partial charge in [-0.2, -0.15) is 5.26 Å². The molecular weight excluding hydrogens is 243 g/mol. The summed E-state index contributed by atoms with van der Waals surface area (Å²) in [6, 6.07) is 6.79. The van der Waals surface area contributed by atoms with Gasteiger partial charge in [0.25, 0.3) is 0 Å². The van der Waals surface area contributed by atoms with Gasteiger partial charge < -0.3 is 10.1 Å². The zero-order chi connectivity index (χ0) is 14.1. The summed E-state index contributed by atoms with van der Waals surface area (Å²) < 4.78 is 18.9. The van der Waals surface area contributed by atoms with Gasteiger partial charge in [0.2, 0.25) is 0 Å². The van der Waals surface area contributed by atoms with Gasteiger partial charge in [0.05, 0.1) is 12.7 Å². The van der Waals surface area contributed by atoms with E-state index in [0.29, 0.717) is 25.2 Å². The molecule has 0 aliphatic carbocycles. The SMILES string of the molecule is CCCNC(C)c1ccc(F)cc1OCCCC#N. The molecule has 0 bridgehead atoms. The lowest BCUT2D eigenvalue weighted by atomic mass is 10.1. The number of hydrogen-bond acceptors (Lipinski definition) is 3. The van der Waals surface area contributed by atoms with Crippen molar-refractivity contribution in [2.45, 2.75) is 39.2 Å². The summed E-state index contributed by atoms with van der Waals surface area (Å²) in [7, 11) is 0. The molecule has 0 fully saturated rings. The van der Waals surface area contributed by atoms with Crippen molar-refractivity contribution in [3.05, 3.63) is 29.6 Å². The van der Waals surface area contributed by atoms with Crippen LogP contribution in [-0.2, 0) is 0 Å². The Morgan fingerprint density at radius 3 is 2.95 bits per heavy atom. The highest BCUT2D eigenvalue weighted by molar-refractivity contribution is 5.36. The van der Waals surface area contributed by atoms with Crippen LogP contribution in [0.4, 0.5) is 4.39 Å². The van der Waals surface area contributed by atoms with Crippen molar-refractivity contribution in [1.82, 2.24) is 5.32 Å². The van der Waals surface area contributed by atoms with E-state index < -0.39 is 0 Å². The molecule has 0 radical (unpaired) electrons. The average molecular weight is 264 g/mol. The fourth-order valence-corrected chi connectivity index (χ4v) is 1.80. The highest BCUT2D eigenvalue weighted by Crippen LogP contribution is 2.26. The Morgan fingerprint density at radius 1 is 1.47 bits per heavy atom. The monoisotopic (exact) mass is 264 g/mol. The van der Waals surface area contributed by atoms with E-state index in [2.05, 4.69) is 18.3 Å². The molecule has 0 aliphatic heterocycles. The summed E-state index contributed by atoms with van der Waals surface area (Å²) in [6.45, 7) is 5.48. The Bertz CT molecular complexity index is 429. The van der Waals surface area contributed by atoms with Crippen LogP contribution in [0.2, 0.25) is 0 Å². The Morgan fingerprint density at radius 2 is 2.26 bits per heavy atom. The van der Waals surface area contributed by atoms with Crippen molar-refractivity contribution in [2.24, 2.45) is 0 Å². The molecule has 1 aromatic rings. The van der Waals surface area contributed by atoms with Gasteiger partial charge in [-0.1, -0.05) is 13.0 Å². The summed E-state index contributed by atoms with van der Waals surface area (Å²) in [5.41, 5.74) is 0.951. The van der Waals surface area contributed by atoms with E-state index in [9.17, 15) is 4.39 Å². The minimum Gasteiger partial charge on any atom is -0.493 e. The minimum atomic E-state index is -0.304. The normalized spacial score (nSPS) is 11.9. The third-order valence-electron chi connectivity index (χ3n) is 2.83. The molecular formula is C15H21FN2O. The average Bonchev–Trinajstić information content (AvgIpc) is 2.41. The highest BCUT2D eigenvalue weighted by atomic mass is 19.1. The first kappa shape index (κ1) is 15.5. The van der Waals surface area contributed by atoms with Gasteiger partial charge in [-0.25, -0.2) is 4.39 Å². The molecule has 0 aromatic heterocycles. The molecule has 0 spiro atoms. The summed E-state index contributed by atoms with van der Waals surface area (Å²) in [6.07, 6.45) is 2.15. The molecule has 1 N–H and O–H groups in total. The summed E-state index contributed by atoms with van der Waals surface area (Å²) in [4.78, 5) is 0. The predicted octanol–water partition coefficient (Wildman–Crippen LogP) is 3.57. The number of rotatable bonds is 8. The number of benzene rings is 1. The quantitative estimate of drug-likeness (QED) is 0.730. The first-order valence-electron chi connectivity index (χ1n) is 6.71. The lowest BCUT2D eigenvalue weighted by molar-refractivity contribution is 0.304. The molecule has 0 heterocycles. The van der Waals surface area contributed by atoms with Gasteiger partial charge in [-0.15, -0.1) is 0 Å². The van der Waals surface area contributed by atoms with Gasteiger partial charge in [0, 0.05) is 24.1 Å². The van der Waals surface area contributed by atoms with Crippen LogP contribution in [0.5, 0.6) is 5.75 Å². The highest BCUT2D eigenvalue weighted by Gasteiger charge is 2.12. The molecule has 4 heteroatoms. The number of unbranched alkanes of at least 4 members (excludes halogenated alkanes) is 1. The summed E-state index contributed by atoms with van der Waals surface area (Å²) in [5, 5.41) is 11.8. The van der Waals surface area contributed by atoms with E-state index in [1.54, 1.807) is 6.07 Å². The number of hydrogen-bond donors (Lipinski definition) is 1. The Balaban J connectivity index is 2.70. The zero-order valence-electron chi connectivity index (χ0n) is 11.6. The molecule has 104 valence electrons. The van der Waals surface area contributed by atoms with Crippen LogP contribution in [0.3, 0.4) is 0 Å². The molecule has 1 unspecified atom stereocenters. The minimum absolute atomic E-state index is 0.117. The van der Waals surface area contributed by atoms with Crippen molar-refractivity contribution in [2.75, 3.05) is 13.2 Å². The largest absolute Gasteiger partial charge is 0.493 e. The van der Waals surface area contributed by atoms with E-state index in [1.165, 1.54) is 12.1 Å². The fourth-order valence-electron chi connectivity index (χ4n) is 1.80. The number of nitrogens with one attached hydrogen (secondary N) is 1. The maximum absolute atomic E-state index is 13.3. The molecule has 0 saturated carbocycles. The van der Waals surface area contributed by atoms with Crippen molar-refractivity contribution >= 4 is 0 Å². The van der Waals surface area contributed by atoms with Crippen LogP contribution < -0.4 is 10.1 Å². The fraction of sp³-hybridized carbons (Fsp3) is 0.533. The molecule has 1 rings (SSSR count). The lowest BCUT2D eigenvalue weighted by Gasteiger charge is -2.18. The number of ether oxygens (including phenoxy) is 1. The van der Waals surface area contributed by atoms with E-state index in [0.717, 1.165) is 18.5 Å². The number of halogens is 1. The second-order valence-electron chi connectivity index (χ2n) is 4.47. The first-order valence-corrected chi connectivity index (χ1v) is 6.71. The maximum Gasteiger partial charge on any atom is 0.126 e. The van der Waals surface area contributed by atoms with Crippen LogP contribution in [0.15, 0.2) is 18.2 Å². The Hall–Kier alpha value is -1.60. The van der Waals surface area contributed by atoms with Crippen molar-refractivity contribution in [3.63, 3.8) is 0 Å². The zero-order valence-corrected chi connectivity index (χ0v) is 11.6. The van der Waals surface area contributed by atoms with Crippen LogP contribution in [0.1, 0.15) is 44.7 Å². The van der Waals surface area contributed by atoms with Crippen LogP contribution in [-0.4, -0.2) is 13.2 Å². The van der Waals surface area contributed by atoms with E-state index in [4.69, 9.17) is 10.00 Å². The Kier molecular flexibility index (Phi) is 6.91. The Labute approximate surface area is 114 Å². The molecule has 0 aliphatic rings. The molecule has 1 aromatic carbocycles. The van der Waals surface area contributed by atoms with E-state index in [-0.39, 0.29) is 11.9 Å². The van der Waals surface area contributed by atoms with Crippen LogP contribution >= 0.6 is 0 Å². The molecule has 1 atom stereocenters. The molecule has 3 nitrogen and oxygen atoms in total. The van der Waals surface area contributed by atoms with Crippen molar-refractivity contribution in [1.29, 1.82) is 5.26 Å². The van der Waals surface area contributed by atoms with Crippen molar-refractivity contribution < 1.29 is 9.13 Å². The van der Waals surface area contributed by atoms with E-state index in [1.807, 2.05) is 6.92 Å². The third kappa shape index (κ3) is 5.27. The maximum atomic E-state index is 13.3. The van der Waals surface area contributed by atoms with Gasteiger partial charge in [-0.05, 0) is 32.4 Å². The van der Waals surface area contributed by atoms with Crippen LogP contribution in [0.25, 0.3) is 0 Å². The smallest absolute Gasteiger partial charge is 0.126 e. The molecule has 0 amide bonds. The summed E-state index contributed by atoms with van der Waals surface area (Å²) in [5.74, 6) is 0.260. The van der Waals surface area contributed by atoms with Crippen LogP contribution in [0, 0.1) is 17.1 Å². The van der Waals surface area contributed by atoms with Gasteiger partial charge in [0.15, 0.2) is 0 Å².